The second kappa shape index (κ2) is 7.07. The third kappa shape index (κ3) is 3.88. The molecule has 0 fully saturated rings. The van der Waals surface area contributed by atoms with Crippen molar-refractivity contribution in [3.63, 3.8) is 0 Å². The van der Waals surface area contributed by atoms with Crippen LogP contribution in [-0.4, -0.2) is 15.5 Å². The van der Waals surface area contributed by atoms with E-state index < -0.39 is 0 Å². The van der Waals surface area contributed by atoms with Crippen molar-refractivity contribution in [1.29, 1.82) is 0 Å². The van der Waals surface area contributed by atoms with Gasteiger partial charge in [0, 0.05) is 5.02 Å². The first kappa shape index (κ1) is 17.2. The van der Waals surface area contributed by atoms with Gasteiger partial charge in [-0.15, -0.1) is 0 Å². The molecule has 3 rings (SSSR count). The number of carbonyl (C=O) groups is 1. The Hall–Kier alpha value is -2.66. The van der Waals surface area contributed by atoms with Crippen molar-refractivity contribution in [2.45, 2.75) is 26.4 Å². The second-order valence-corrected chi connectivity index (χ2v) is 6.48. The lowest BCUT2D eigenvalue weighted by molar-refractivity contribution is -0.122. The van der Waals surface area contributed by atoms with Crippen molar-refractivity contribution in [3.05, 3.63) is 75.3 Å². The molecule has 1 aromatic heterocycles. The van der Waals surface area contributed by atoms with Gasteiger partial charge in [-0.05, 0) is 43.7 Å². The molecule has 5 nitrogen and oxygen atoms in total. The van der Waals surface area contributed by atoms with Gasteiger partial charge >= 0.3 is 0 Å². The SMILES string of the molecule is Cc1ccc2ncn(CC(=O)NC(C)c3ccc(Cl)cc3)c(=O)c2c1. The number of halogens is 1. The molecule has 6 heteroatoms. The molecule has 0 spiro atoms. The van der Waals surface area contributed by atoms with Gasteiger partial charge in [0.1, 0.15) is 6.54 Å². The highest BCUT2D eigenvalue weighted by molar-refractivity contribution is 6.30. The van der Waals surface area contributed by atoms with Crippen molar-refractivity contribution >= 4 is 28.4 Å². The summed E-state index contributed by atoms with van der Waals surface area (Å²) in [5.41, 5.74) is 2.33. The van der Waals surface area contributed by atoms with Crippen molar-refractivity contribution in [2.24, 2.45) is 0 Å². The van der Waals surface area contributed by atoms with Gasteiger partial charge in [0.2, 0.25) is 5.91 Å². The number of nitrogens with zero attached hydrogens (tertiary/aromatic N) is 2. The van der Waals surface area contributed by atoms with Crippen LogP contribution in [-0.2, 0) is 11.3 Å². The van der Waals surface area contributed by atoms with Gasteiger partial charge in [-0.25, -0.2) is 4.98 Å². The topological polar surface area (TPSA) is 64.0 Å². The predicted molar refractivity (Wildman–Crippen MR) is 98.7 cm³/mol. The quantitative estimate of drug-likeness (QED) is 0.781. The van der Waals surface area contributed by atoms with Gasteiger partial charge in [0.15, 0.2) is 0 Å². The van der Waals surface area contributed by atoms with E-state index in [0.717, 1.165) is 11.1 Å². The van der Waals surface area contributed by atoms with Crippen molar-refractivity contribution in [3.8, 4) is 0 Å². The van der Waals surface area contributed by atoms with Gasteiger partial charge < -0.3 is 5.32 Å². The van der Waals surface area contributed by atoms with Crippen LogP contribution in [0.3, 0.4) is 0 Å². The fourth-order valence-electron chi connectivity index (χ4n) is 2.66. The maximum absolute atomic E-state index is 12.5. The Balaban J connectivity index is 1.76. The normalized spacial score (nSPS) is 12.1. The Morgan fingerprint density at radius 2 is 1.96 bits per heavy atom. The minimum absolute atomic E-state index is 0.0757. The summed E-state index contributed by atoms with van der Waals surface area (Å²) < 4.78 is 1.33. The molecule has 1 unspecified atom stereocenters. The standard InChI is InChI=1S/C19H18ClN3O2/c1-12-3-8-17-16(9-12)19(25)23(11-21-17)10-18(24)22-13(2)14-4-6-15(20)7-5-14/h3-9,11,13H,10H2,1-2H3,(H,22,24). The molecule has 3 aromatic rings. The maximum atomic E-state index is 12.5. The van der Waals surface area contributed by atoms with Crippen LogP contribution in [0.1, 0.15) is 24.1 Å². The van der Waals surface area contributed by atoms with E-state index in [-0.39, 0.29) is 24.1 Å². The third-order valence-electron chi connectivity index (χ3n) is 4.04. The van der Waals surface area contributed by atoms with Crippen LogP contribution in [0, 0.1) is 6.92 Å². The summed E-state index contributed by atoms with van der Waals surface area (Å²) in [4.78, 5) is 29.1. The number of rotatable bonds is 4. The molecular formula is C19H18ClN3O2. The van der Waals surface area contributed by atoms with E-state index in [4.69, 9.17) is 11.6 Å². The first-order chi connectivity index (χ1) is 11.9. The molecule has 1 amide bonds. The van der Waals surface area contributed by atoms with E-state index in [1.165, 1.54) is 10.9 Å². The maximum Gasteiger partial charge on any atom is 0.261 e. The third-order valence-corrected chi connectivity index (χ3v) is 4.29. The van der Waals surface area contributed by atoms with E-state index in [2.05, 4.69) is 10.3 Å². The highest BCUT2D eigenvalue weighted by Crippen LogP contribution is 2.16. The minimum atomic E-state index is -0.252. The summed E-state index contributed by atoms with van der Waals surface area (Å²) in [5.74, 6) is -0.252. The van der Waals surface area contributed by atoms with Crippen molar-refractivity contribution in [1.82, 2.24) is 14.9 Å². The highest BCUT2D eigenvalue weighted by atomic mass is 35.5. The zero-order valence-electron chi connectivity index (χ0n) is 14.0. The fraction of sp³-hybridized carbons (Fsp3) is 0.211. The summed E-state index contributed by atoms with van der Waals surface area (Å²) in [6, 6.07) is 12.6. The summed E-state index contributed by atoms with van der Waals surface area (Å²) in [5, 5.41) is 4.04. The van der Waals surface area contributed by atoms with E-state index >= 15 is 0 Å². The number of benzene rings is 2. The first-order valence-corrected chi connectivity index (χ1v) is 8.32. The van der Waals surface area contributed by atoms with Crippen molar-refractivity contribution < 1.29 is 4.79 Å². The predicted octanol–water partition coefficient (Wildman–Crippen LogP) is 3.24. The highest BCUT2D eigenvalue weighted by Gasteiger charge is 2.12. The molecule has 0 radical (unpaired) electrons. The smallest absolute Gasteiger partial charge is 0.261 e. The van der Waals surface area contributed by atoms with E-state index in [1.54, 1.807) is 24.3 Å². The molecule has 0 saturated heterocycles. The molecular weight excluding hydrogens is 338 g/mol. The van der Waals surface area contributed by atoms with Gasteiger partial charge in [-0.2, -0.15) is 0 Å². The van der Waals surface area contributed by atoms with Gasteiger partial charge in [0.05, 0.1) is 23.3 Å². The number of amides is 1. The molecule has 0 bridgehead atoms. The first-order valence-electron chi connectivity index (χ1n) is 7.94. The van der Waals surface area contributed by atoms with Crippen LogP contribution in [0.5, 0.6) is 0 Å². The van der Waals surface area contributed by atoms with E-state index in [9.17, 15) is 9.59 Å². The van der Waals surface area contributed by atoms with Crippen molar-refractivity contribution in [2.75, 3.05) is 0 Å². The van der Waals surface area contributed by atoms with E-state index in [0.29, 0.717) is 15.9 Å². The Kier molecular flexibility index (Phi) is 4.86. The molecule has 0 saturated carbocycles. The van der Waals surface area contributed by atoms with E-state index in [1.807, 2.05) is 32.0 Å². The van der Waals surface area contributed by atoms with Gasteiger partial charge in [0.25, 0.3) is 5.56 Å². The number of aromatic nitrogens is 2. The molecule has 1 N–H and O–H groups in total. The van der Waals surface area contributed by atoms with Crippen LogP contribution in [0.4, 0.5) is 0 Å². The van der Waals surface area contributed by atoms with Crippen LogP contribution in [0.25, 0.3) is 10.9 Å². The Morgan fingerprint density at radius 1 is 1.24 bits per heavy atom. The second-order valence-electron chi connectivity index (χ2n) is 6.04. The average Bonchev–Trinajstić information content (AvgIpc) is 2.58. The molecule has 0 aliphatic rings. The zero-order chi connectivity index (χ0) is 18.0. The molecule has 1 heterocycles. The lowest BCUT2D eigenvalue weighted by Crippen LogP contribution is -2.34. The number of fused-ring (bicyclic) bond motifs is 1. The van der Waals surface area contributed by atoms with Crippen LogP contribution < -0.4 is 10.9 Å². The summed E-state index contributed by atoms with van der Waals surface area (Å²) in [6.45, 7) is 3.72. The number of hydrogen-bond acceptors (Lipinski definition) is 3. The minimum Gasteiger partial charge on any atom is -0.348 e. The summed E-state index contributed by atoms with van der Waals surface area (Å²) >= 11 is 5.87. The molecule has 0 aliphatic heterocycles. The summed E-state index contributed by atoms with van der Waals surface area (Å²) in [7, 11) is 0. The largest absolute Gasteiger partial charge is 0.348 e. The van der Waals surface area contributed by atoms with Crippen LogP contribution in [0.15, 0.2) is 53.6 Å². The van der Waals surface area contributed by atoms with Crippen LogP contribution >= 0.6 is 11.6 Å². The van der Waals surface area contributed by atoms with Crippen LogP contribution in [0.2, 0.25) is 5.02 Å². The van der Waals surface area contributed by atoms with Gasteiger partial charge in [-0.1, -0.05) is 35.4 Å². The van der Waals surface area contributed by atoms with Gasteiger partial charge in [-0.3, -0.25) is 14.2 Å². The molecule has 2 aromatic carbocycles. The number of hydrogen-bond donors (Lipinski definition) is 1. The molecule has 1 atom stereocenters. The lowest BCUT2D eigenvalue weighted by Gasteiger charge is -2.15. The Bertz CT molecular complexity index is 980. The molecule has 128 valence electrons. The molecule has 0 aliphatic carbocycles. The number of carbonyl (C=O) groups excluding carboxylic acids is 1. The Labute approximate surface area is 150 Å². The lowest BCUT2D eigenvalue weighted by atomic mass is 10.1. The molecule has 25 heavy (non-hydrogen) atoms. The number of nitrogens with one attached hydrogen (secondary N) is 1. The number of aryl methyl sites for hydroxylation is 1. The fourth-order valence-corrected chi connectivity index (χ4v) is 2.79. The Morgan fingerprint density at radius 3 is 2.68 bits per heavy atom. The average molecular weight is 356 g/mol. The monoisotopic (exact) mass is 355 g/mol. The summed E-state index contributed by atoms with van der Waals surface area (Å²) in [6.07, 6.45) is 1.41. The zero-order valence-corrected chi connectivity index (χ0v) is 14.7.